The van der Waals surface area contributed by atoms with Crippen molar-refractivity contribution >= 4 is 11.6 Å². The van der Waals surface area contributed by atoms with Gasteiger partial charge in [-0.25, -0.2) is 0 Å². The number of nitrogens with two attached hydrogens (primary N) is 1. The van der Waals surface area contributed by atoms with Crippen LogP contribution in [0.2, 0.25) is 0 Å². The largest absolute Gasteiger partial charge is 0.368 e. The van der Waals surface area contributed by atoms with E-state index in [0.29, 0.717) is 0 Å². The average molecular weight is 155 g/mol. The molecule has 2 N–H and O–H groups in total. The first-order valence-electron chi connectivity index (χ1n) is 3.82. The van der Waals surface area contributed by atoms with Crippen molar-refractivity contribution in [2.24, 2.45) is 10.8 Å². The third-order valence-corrected chi connectivity index (χ3v) is 1.69. The Morgan fingerprint density at radius 3 is 3.00 bits per heavy atom. The fraction of sp³-hybridized carbons (Fsp3) is 0.714. The molecule has 0 atom stereocenters. The highest BCUT2D eigenvalue weighted by Gasteiger charge is 2.13. The van der Waals surface area contributed by atoms with Gasteiger partial charge < -0.3 is 5.73 Å². The van der Waals surface area contributed by atoms with E-state index in [-0.39, 0.29) is 12.5 Å². The van der Waals surface area contributed by atoms with Gasteiger partial charge in [-0.2, -0.15) is 5.10 Å². The molecule has 0 bridgehead atoms. The van der Waals surface area contributed by atoms with E-state index in [0.717, 1.165) is 25.1 Å². The second-order valence-corrected chi connectivity index (χ2v) is 2.62. The minimum atomic E-state index is -0.314. The van der Waals surface area contributed by atoms with E-state index in [9.17, 15) is 4.79 Å². The number of hydrazone groups is 1. The summed E-state index contributed by atoms with van der Waals surface area (Å²) in [6.07, 6.45) is 1.94. The van der Waals surface area contributed by atoms with Crippen molar-refractivity contribution < 1.29 is 4.79 Å². The van der Waals surface area contributed by atoms with Gasteiger partial charge in [0, 0.05) is 18.7 Å². The predicted molar refractivity (Wildman–Crippen MR) is 43.1 cm³/mol. The zero-order chi connectivity index (χ0) is 8.27. The third-order valence-electron chi connectivity index (χ3n) is 1.69. The van der Waals surface area contributed by atoms with Gasteiger partial charge in [0.25, 0.3) is 0 Å². The van der Waals surface area contributed by atoms with Crippen molar-refractivity contribution in [3.8, 4) is 0 Å². The average Bonchev–Trinajstić information content (AvgIpc) is 2.34. The second kappa shape index (κ2) is 3.37. The number of hydrogen-bond donors (Lipinski definition) is 1. The van der Waals surface area contributed by atoms with Crippen LogP contribution in [-0.2, 0) is 4.79 Å². The van der Waals surface area contributed by atoms with Crippen LogP contribution < -0.4 is 5.73 Å². The van der Waals surface area contributed by atoms with Crippen molar-refractivity contribution in [2.75, 3.05) is 13.1 Å². The van der Waals surface area contributed by atoms with Gasteiger partial charge in [0.15, 0.2) is 0 Å². The van der Waals surface area contributed by atoms with Crippen molar-refractivity contribution in [1.82, 2.24) is 5.01 Å². The van der Waals surface area contributed by atoms with Gasteiger partial charge in [0.2, 0.25) is 5.91 Å². The zero-order valence-electron chi connectivity index (χ0n) is 6.71. The van der Waals surface area contributed by atoms with Gasteiger partial charge in [-0.1, -0.05) is 6.92 Å². The summed E-state index contributed by atoms with van der Waals surface area (Å²) in [7, 11) is 0. The summed E-state index contributed by atoms with van der Waals surface area (Å²) in [5.41, 5.74) is 6.17. The van der Waals surface area contributed by atoms with Crippen molar-refractivity contribution in [2.45, 2.75) is 19.8 Å². The highest BCUT2D eigenvalue weighted by molar-refractivity contribution is 5.86. The van der Waals surface area contributed by atoms with Gasteiger partial charge in [0.05, 0.1) is 0 Å². The van der Waals surface area contributed by atoms with Gasteiger partial charge in [-0.15, -0.1) is 0 Å². The summed E-state index contributed by atoms with van der Waals surface area (Å²) in [6, 6.07) is 0. The van der Waals surface area contributed by atoms with Crippen LogP contribution in [0.15, 0.2) is 5.10 Å². The topological polar surface area (TPSA) is 58.7 Å². The SMILES string of the molecule is CCC1=NN(CC(N)=O)CC1. The summed E-state index contributed by atoms with van der Waals surface area (Å²) in [6.45, 7) is 3.15. The molecule has 1 aliphatic rings. The molecular formula is C7H13N3O. The van der Waals surface area contributed by atoms with Gasteiger partial charge in [-0.05, 0) is 6.42 Å². The van der Waals surface area contributed by atoms with Crippen LogP contribution in [0.5, 0.6) is 0 Å². The molecule has 0 unspecified atom stereocenters. The highest BCUT2D eigenvalue weighted by Crippen LogP contribution is 2.06. The molecular weight excluding hydrogens is 142 g/mol. The zero-order valence-corrected chi connectivity index (χ0v) is 6.71. The minimum Gasteiger partial charge on any atom is -0.368 e. The first-order valence-corrected chi connectivity index (χ1v) is 3.82. The number of carbonyl (C=O) groups excluding carboxylic acids is 1. The summed E-state index contributed by atoms with van der Waals surface area (Å²) in [5.74, 6) is -0.314. The quantitative estimate of drug-likeness (QED) is 0.621. The molecule has 0 aromatic carbocycles. The molecule has 1 aliphatic heterocycles. The first kappa shape index (κ1) is 8.04. The lowest BCUT2D eigenvalue weighted by molar-refractivity contribution is -0.119. The number of amides is 1. The lowest BCUT2D eigenvalue weighted by atomic mass is 10.2. The lowest BCUT2D eigenvalue weighted by Gasteiger charge is -2.09. The standard InChI is InChI=1S/C7H13N3O/c1-2-6-3-4-10(9-6)5-7(8)11/h2-5H2,1H3,(H2,8,11). The first-order chi connectivity index (χ1) is 5.22. The Labute approximate surface area is 66.0 Å². The second-order valence-electron chi connectivity index (χ2n) is 2.62. The fourth-order valence-corrected chi connectivity index (χ4v) is 1.10. The van der Waals surface area contributed by atoms with E-state index in [1.54, 1.807) is 5.01 Å². The number of hydrogen-bond acceptors (Lipinski definition) is 3. The van der Waals surface area contributed by atoms with Crippen LogP contribution in [0.3, 0.4) is 0 Å². The molecule has 4 nitrogen and oxygen atoms in total. The molecule has 1 amide bonds. The maximum absolute atomic E-state index is 10.5. The molecule has 11 heavy (non-hydrogen) atoms. The van der Waals surface area contributed by atoms with Crippen LogP contribution in [0, 0.1) is 0 Å². The molecule has 0 spiro atoms. The molecule has 0 radical (unpaired) electrons. The minimum absolute atomic E-state index is 0.253. The number of carbonyl (C=O) groups is 1. The van der Waals surface area contributed by atoms with E-state index in [1.165, 1.54) is 0 Å². The maximum atomic E-state index is 10.5. The van der Waals surface area contributed by atoms with Crippen LogP contribution in [0.1, 0.15) is 19.8 Å². The van der Waals surface area contributed by atoms with Crippen LogP contribution in [-0.4, -0.2) is 29.7 Å². The highest BCUT2D eigenvalue weighted by atomic mass is 16.1. The molecule has 0 fully saturated rings. The van der Waals surface area contributed by atoms with Crippen LogP contribution in [0.25, 0.3) is 0 Å². The van der Waals surface area contributed by atoms with E-state index in [2.05, 4.69) is 12.0 Å². The Kier molecular flexibility index (Phi) is 2.46. The number of nitrogens with zero attached hydrogens (tertiary/aromatic N) is 2. The summed E-state index contributed by atoms with van der Waals surface area (Å²) < 4.78 is 0. The Bertz CT molecular complexity index is 188. The predicted octanol–water partition coefficient (Wildman–Crippen LogP) is -0.0566. The Morgan fingerprint density at radius 2 is 2.55 bits per heavy atom. The summed E-state index contributed by atoms with van der Waals surface area (Å²) in [5, 5.41) is 5.92. The van der Waals surface area contributed by atoms with Gasteiger partial charge in [0.1, 0.15) is 6.54 Å². The molecule has 0 saturated carbocycles. The van der Waals surface area contributed by atoms with E-state index >= 15 is 0 Å². The van der Waals surface area contributed by atoms with Gasteiger partial charge in [-0.3, -0.25) is 9.80 Å². The molecule has 0 aromatic rings. The smallest absolute Gasteiger partial charge is 0.238 e. The summed E-state index contributed by atoms with van der Waals surface area (Å²) >= 11 is 0. The molecule has 4 heteroatoms. The normalized spacial score (nSPS) is 16.8. The number of primary amides is 1. The molecule has 62 valence electrons. The molecule has 0 aromatic heterocycles. The van der Waals surface area contributed by atoms with E-state index < -0.39 is 0 Å². The Hall–Kier alpha value is -1.06. The molecule has 1 heterocycles. The molecule has 0 aliphatic carbocycles. The van der Waals surface area contributed by atoms with Crippen molar-refractivity contribution in [3.63, 3.8) is 0 Å². The molecule has 0 saturated heterocycles. The Morgan fingerprint density at radius 1 is 1.82 bits per heavy atom. The van der Waals surface area contributed by atoms with E-state index in [1.807, 2.05) is 0 Å². The van der Waals surface area contributed by atoms with Crippen LogP contribution >= 0.6 is 0 Å². The fourth-order valence-electron chi connectivity index (χ4n) is 1.10. The van der Waals surface area contributed by atoms with Crippen LogP contribution in [0.4, 0.5) is 0 Å². The van der Waals surface area contributed by atoms with E-state index in [4.69, 9.17) is 5.73 Å². The lowest BCUT2D eigenvalue weighted by Crippen LogP contribution is -2.28. The monoisotopic (exact) mass is 155 g/mol. The summed E-state index contributed by atoms with van der Waals surface area (Å²) in [4.78, 5) is 10.5. The third kappa shape index (κ3) is 2.22. The molecule has 1 rings (SSSR count). The van der Waals surface area contributed by atoms with Gasteiger partial charge >= 0.3 is 0 Å². The Balaban J connectivity index is 2.39. The number of rotatable bonds is 3. The van der Waals surface area contributed by atoms with Crippen molar-refractivity contribution in [1.29, 1.82) is 0 Å². The maximum Gasteiger partial charge on any atom is 0.238 e. The van der Waals surface area contributed by atoms with Crippen molar-refractivity contribution in [3.05, 3.63) is 0 Å².